The predicted molar refractivity (Wildman–Crippen MR) is 110 cm³/mol. The van der Waals surface area contributed by atoms with Gasteiger partial charge in [-0.3, -0.25) is 0 Å². The Morgan fingerprint density at radius 3 is 2.11 bits per heavy atom. The van der Waals surface area contributed by atoms with Crippen molar-refractivity contribution in [3.63, 3.8) is 0 Å². The zero-order chi connectivity index (χ0) is 20.0. The van der Waals surface area contributed by atoms with Crippen LogP contribution in [0, 0.1) is 19.8 Å². The average Bonchev–Trinajstić information content (AvgIpc) is 2.65. The van der Waals surface area contributed by atoms with E-state index >= 15 is 0 Å². The summed E-state index contributed by atoms with van der Waals surface area (Å²) < 4.78 is 0. The molecule has 0 spiro atoms. The standard InChI is InChI=1S/C24H30O3/c1-16(2)20(15-23(26)19-9-6-5-7-10-19)11-8-12-22(25)21-13-17(3)24(27)18(4)14-21/h5-10,13-14,16,22-23,25-27H,12,15H2,1-4H3/t11?,22-,23-/m1/s1. The number of rotatable bonds is 7. The first-order chi connectivity index (χ1) is 12.8. The Kier molecular flexibility index (Phi) is 7.44. The fraction of sp³-hybridized carbons (Fsp3) is 0.375. The topological polar surface area (TPSA) is 60.7 Å². The Morgan fingerprint density at radius 2 is 1.56 bits per heavy atom. The van der Waals surface area contributed by atoms with Crippen molar-refractivity contribution in [1.29, 1.82) is 0 Å². The minimum absolute atomic E-state index is 0.259. The Hall–Kier alpha value is -2.32. The fourth-order valence-corrected chi connectivity index (χ4v) is 3.08. The van der Waals surface area contributed by atoms with Crippen molar-refractivity contribution < 1.29 is 15.3 Å². The molecule has 0 aliphatic heterocycles. The number of phenolic OH excluding ortho intramolecular Hbond substituents is 1. The van der Waals surface area contributed by atoms with E-state index in [4.69, 9.17) is 0 Å². The van der Waals surface area contributed by atoms with Crippen molar-refractivity contribution in [2.75, 3.05) is 0 Å². The van der Waals surface area contributed by atoms with E-state index in [0.717, 1.165) is 27.8 Å². The third kappa shape index (κ3) is 5.83. The van der Waals surface area contributed by atoms with Crippen LogP contribution < -0.4 is 0 Å². The maximum absolute atomic E-state index is 10.5. The first kappa shape index (κ1) is 21.0. The quantitative estimate of drug-likeness (QED) is 0.583. The second-order valence-electron chi connectivity index (χ2n) is 7.41. The van der Waals surface area contributed by atoms with E-state index in [0.29, 0.717) is 12.8 Å². The SMILES string of the molecule is Cc1cc([C@H](O)CC=C=C(C[C@@H](O)c2ccccc2)C(C)C)cc(C)c1O. The Morgan fingerprint density at radius 1 is 0.963 bits per heavy atom. The van der Waals surface area contributed by atoms with E-state index in [1.807, 2.05) is 62.4 Å². The molecule has 0 saturated carbocycles. The third-order valence-electron chi connectivity index (χ3n) is 4.82. The number of hydrogen-bond donors (Lipinski definition) is 3. The number of aliphatic hydroxyl groups excluding tert-OH is 2. The van der Waals surface area contributed by atoms with Crippen molar-refractivity contribution in [2.45, 2.75) is 52.7 Å². The molecule has 0 saturated heterocycles. The van der Waals surface area contributed by atoms with E-state index in [1.165, 1.54) is 0 Å². The van der Waals surface area contributed by atoms with Gasteiger partial charge in [-0.05, 0) is 65.8 Å². The summed E-state index contributed by atoms with van der Waals surface area (Å²) in [6.07, 6.45) is 1.59. The molecule has 2 aromatic rings. The van der Waals surface area contributed by atoms with E-state index in [-0.39, 0.29) is 11.7 Å². The summed E-state index contributed by atoms with van der Waals surface area (Å²) in [5.41, 5.74) is 7.52. The molecule has 3 N–H and O–H groups in total. The number of benzene rings is 2. The highest BCUT2D eigenvalue weighted by Gasteiger charge is 2.13. The molecule has 2 aromatic carbocycles. The number of aryl methyl sites for hydroxylation is 2. The number of aromatic hydroxyl groups is 1. The van der Waals surface area contributed by atoms with Crippen molar-refractivity contribution in [3.8, 4) is 5.75 Å². The van der Waals surface area contributed by atoms with Crippen LogP contribution in [0.25, 0.3) is 0 Å². The summed E-state index contributed by atoms with van der Waals surface area (Å²) in [5, 5.41) is 30.8. The van der Waals surface area contributed by atoms with Gasteiger partial charge in [-0.1, -0.05) is 44.2 Å². The number of phenols is 1. The summed E-state index contributed by atoms with van der Waals surface area (Å²) >= 11 is 0. The molecule has 144 valence electrons. The molecule has 2 rings (SSSR count). The van der Waals surface area contributed by atoms with E-state index in [9.17, 15) is 15.3 Å². The van der Waals surface area contributed by atoms with Crippen LogP contribution in [0.15, 0.2) is 59.8 Å². The second-order valence-corrected chi connectivity index (χ2v) is 7.41. The molecule has 0 radical (unpaired) electrons. The third-order valence-corrected chi connectivity index (χ3v) is 4.82. The minimum atomic E-state index is -0.650. The molecule has 0 bridgehead atoms. The largest absolute Gasteiger partial charge is 0.507 e. The summed E-state index contributed by atoms with van der Waals surface area (Å²) in [6, 6.07) is 13.2. The van der Waals surface area contributed by atoms with Crippen molar-refractivity contribution >= 4 is 0 Å². The average molecular weight is 367 g/mol. The molecule has 0 aliphatic carbocycles. The van der Waals surface area contributed by atoms with Gasteiger partial charge in [0.15, 0.2) is 0 Å². The molecule has 2 atom stereocenters. The van der Waals surface area contributed by atoms with E-state index in [2.05, 4.69) is 19.6 Å². The zero-order valence-electron chi connectivity index (χ0n) is 16.6. The molecule has 3 heteroatoms. The molecule has 27 heavy (non-hydrogen) atoms. The maximum Gasteiger partial charge on any atom is 0.121 e. The van der Waals surface area contributed by atoms with Crippen LogP contribution in [-0.2, 0) is 0 Å². The normalized spacial score (nSPS) is 13.1. The van der Waals surface area contributed by atoms with Crippen molar-refractivity contribution in [1.82, 2.24) is 0 Å². The van der Waals surface area contributed by atoms with Gasteiger partial charge in [0.1, 0.15) is 5.75 Å². The van der Waals surface area contributed by atoms with Gasteiger partial charge in [-0.2, -0.15) is 0 Å². The lowest BCUT2D eigenvalue weighted by atomic mass is 9.94. The van der Waals surface area contributed by atoms with E-state index < -0.39 is 12.2 Å². The molecule has 0 unspecified atom stereocenters. The Balaban J connectivity index is 2.12. The van der Waals surface area contributed by atoms with Crippen molar-refractivity contribution in [2.24, 2.45) is 5.92 Å². The van der Waals surface area contributed by atoms with Crippen LogP contribution in [0.3, 0.4) is 0 Å². The maximum atomic E-state index is 10.5. The van der Waals surface area contributed by atoms with Crippen LogP contribution in [0.2, 0.25) is 0 Å². The summed E-state index contributed by atoms with van der Waals surface area (Å²) in [6.45, 7) is 7.82. The number of aliphatic hydroxyl groups is 2. The van der Waals surface area contributed by atoms with Gasteiger partial charge in [0.05, 0.1) is 12.2 Å². The van der Waals surface area contributed by atoms with Crippen molar-refractivity contribution in [3.05, 3.63) is 82.1 Å². The van der Waals surface area contributed by atoms with Gasteiger partial charge in [0.2, 0.25) is 0 Å². The van der Waals surface area contributed by atoms with Gasteiger partial charge < -0.3 is 15.3 Å². The number of hydrogen-bond acceptors (Lipinski definition) is 3. The summed E-state index contributed by atoms with van der Waals surface area (Å²) in [4.78, 5) is 0. The highest BCUT2D eigenvalue weighted by atomic mass is 16.3. The van der Waals surface area contributed by atoms with Crippen LogP contribution in [0.5, 0.6) is 5.75 Å². The molecule has 0 amide bonds. The molecule has 0 fully saturated rings. The smallest absolute Gasteiger partial charge is 0.121 e. The lowest BCUT2D eigenvalue weighted by molar-refractivity contribution is 0.175. The van der Waals surface area contributed by atoms with Crippen LogP contribution in [0.4, 0.5) is 0 Å². The summed E-state index contributed by atoms with van der Waals surface area (Å²) in [5.74, 6) is 0.535. The molecule has 3 nitrogen and oxygen atoms in total. The lowest BCUT2D eigenvalue weighted by Gasteiger charge is -2.15. The van der Waals surface area contributed by atoms with Crippen LogP contribution in [0.1, 0.15) is 61.2 Å². The van der Waals surface area contributed by atoms with Gasteiger partial charge >= 0.3 is 0 Å². The fourth-order valence-electron chi connectivity index (χ4n) is 3.08. The monoisotopic (exact) mass is 366 g/mol. The summed E-state index contributed by atoms with van der Waals surface area (Å²) in [7, 11) is 0. The Labute approximate surface area is 162 Å². The van der Waals surface area contributed by atoms with Gasteiger partial charge in [-0.25, -0.2) is 0 Å². The highest BCUT2D eigenvalue weighted by Crippen LogP contribution is 2.28. The first-order valence-electron chi connectivity index (χ1n) is 9.44. The van der Waals surface area contributed by atoms with Gasteiger partial charge in [0.25, 0.3) is 0 Å². The molecule has 0 aliphatic rings. The molecule has 0 heterocycles. The van der Waals surface area contributed by atoms with Gasteiger partial charge in [-0.15, -0.1) is 5.73 Å². The predicted octanol–water partition coefficient (Wildman–Crippen LogP) is 5.29. The molecule has 0 aromatic heterocycles. The van der Waals surface area contributed by atoms with Crippen LogP contribution >= 0.6 is 0 Å². The lowest BCUT2D eigenvalue weighted by Crippen LogP contribution is -2.03. The minimum Gasteiger partial charge on any atom is -0.507 e. The Bertz CT molecular complexity index is 792. The highest BCUT2D eigenvalue weighted by molar-refractivity contribution is 5.42. The van der Waals surface area contributed by atoms with E-state index in [1.54, 1.807) is 0 Å². The zero-order valence-corrected chi connectivity index (χ0v) is 16.6. The first-order valence-corrected chi connectivity index (χ1v) is 9.44. The van der Waals surface area contributed by atoms with Crippen LogP contribution in [-0.4, -0.2) is 15.3 Å². The second kappa shape index (κ2) is 9.57. The molecular weight excluding hydrogens is 336 g/mol. The molecular formula is C24H30O3. The van der Waals surface area contributed by atoms with Gasteiger partial charge in [0, 0.05) is 12.8 Å².